The van der Waals surface area contributed by atoms with Crippen molar-refractivity contribution in [2.45, 2.75) is 18.9 Å². The molecule has 2 atom stereocenters. The summed E-state index contributed by atoms with van der Waals surface area (Å²) in [6.45, 7) is 0. The molecular formula is C8H9N3O4. The number of hydrogen-bond donors (Lipinski definition) is 1. The van der Waals surface area contributed by atoms with E-state index in [4.69, 9.17) is 5.11 Å². The van der Waals surface area contributed by atoms with Crippen LogP contribution in [-0.4, -0.2) is 25.8 Å². The Morgan fingerprint density at radius 1 is 1.67 bits per heavy atom. The molecule has 15 heavy (non-hydrogen) atoms. The lowest BCUT2D eigenvalue weighted by molar-refractivity contribution is -0.385. The first-order valence-corrected chi connectivity index (χ1v) is 4.51. The highest BCUT2D eigenvalue weighted by atomic mass is 16.6. The Morgan fingerprint density at radius 3 is 2.80 bits per heavy atom. The molecule has 0 radical (unpaired) electrons. The Balaban J connectivity index is 2.16. The van der Waals surface area contributed by atoms with Gasteiger partial charge in [0.15, 0.2) is 0 Å². The third kappa shape index (κ3) is 1.56. The molecule has 0 aliphatic heterocycles. The van der Waals surface area contributed by atoms with Gasteiger partial charge in [0.2, 0.25) is 0 Å². The van der Waals surface area contributed by atoms with Crippen LogP contribution in [0.2, 0.25) is 0 Å². The first-order chi connectivity index (χ1) is 7.09. The fourth-order valence-corrected chi connectivity index (χ4v) is 1.69. The van der Waals surface area contributed by atoms with Gasteiger partial charge in [-0.1, -0.05) is 0 Å². The number of rotatable bonds is 3. The first kappa shape index (κ1) is 9.63. The minimum Gasteiger partial charge on any atom is -0.481 e. The van der Waals surface area contributed by atoms with Crippen molar-refractivity contribution in [1.29, 1.82) is 0 Å². The Kier molecular flexibility index (Phi) is 2.14. The van der Waals surface area contributed by atoms with E-state index < -0.39 is 16.8 Å². The van der Waals surface area contributed by atoms with Crippen LogP contribution < -0.4 is 0 Å². The van der Waals surface area contributed by atoms with Crippen molar-refractivity contribution in [2.24, 2.45) is 5.92 Å². The number of hydrogen-bond acceptors (Lipinski definition) is 4. The van der Waals surface area contributed by atoms with Crippen LogP contribution >= 0.6 is 0 Å². The number of nitro groups is 1. The van der Waals surface area contributed by atoms with Gasteiger partial charge in [-0.15, -0.1) is 0 Å². The van der Waals surface area contributed by atoms with Gasteiger partial charge in [0.1, 0.15) is 12.4 Å². The van der Waals surface area contributed by atoms with Gasteiger partial charge < -0.3 is 5.11 Å². The van der Waals surface area contributed by atoms with Crippen LogP contribution in [0.25, 0.3) is 0 Å². The quantitative estimate of drug-likeness (QED) is 0.589. The van der Waals surface area contributed by atoms with E-state index in [9.17, 15) is 14.9 Å². The number of nitrogens with zero attached hydrogens (tertiary/aromatic N) is 3. The van der Waals surface area contributed by atoms with E-state index in [2.05, 4.69) is 5.10 Å². The van der Waals surface area contributed by atoms with Crippen LogP contribution in [0.5, 0.6) is 0 Å². The topological polar surface area (TPSA) is 98.3 Å². The minimum absolute atomic E-state index is 0.106. The van der Waals surface area contributed by atoms with E-state index in [1.807, 2.05) is 0 Å². The van der Waals surface area contributed by atoms with Gasteiger partial charge in [-0.2, -0.15) is 5.10 Å². The molecule has 1 aromatic heterocycles. The van der Waals surface area contributed by atoms with Crippen molar-refractivity contribution in [3.8, 4) is 0 Å². The van der Waals surface area contributed by atoms with Crippen LogP contribution in [0.1, 0.15) is 18.9 Å². The van der Waals surface area contributed by atoms with Crippen molar-refractivity contribution in [3.63, 3.8) is 0 Å². The molecule has 1 aromatic rings. The van der Waals surface area contributed by atoms with Gasteiger partial charge in [0, 0.05) is 0 Å². The fourth-order valence-electron chi connectivity index (χ4n) is 1.69. The monoisotopic (exact) mass is 211 g/mol. The maximum Gasteiger partial charge on any atom is 0.308 e. The molecule has 80 valence electrons. The lowest BCUT2D eigenvalue weighted by Crippen LogP contribution is -2.35. The summed E-state index contributed by atoms with van der Waals surface area (Å²) in [4.78, 5) is 20.6. The summed E-state index contributed by atoms with van der Waals surface area (Å²) in [7, 11) is 0. The summed E-state index contributed by atoms with van der Waals surface area (Å²) in [5, 5.41) is 23.0. The molecule has 1 N–H and O–H groups in total. The highest BCUT2D eigenvalue weighted by Gasteiger charge is 2.38. The lowest BCUT2D eigenvalue weighted by atomic mass is 9.80. The largest absolute Gasteiger partial charge is 0.481 e. The first-order valence-electron chi connectivity index (χ1n) is 4.51. The predicted molar refractivity (Wildman–Crippen MR) is 48.3 cm³/mol. The summed E-state index contributed by atoms with van der Waals surface area (Å²) in [6, 6.07) is -0.240. The van der Waals surface area contributed by atoms with Gasteiger partial charge in [-0.3, -0.25) is 19.6 Å². The summed E-state index contributed by atoms with van der Waals surface area (Å²) in [6.07, 6.45) is 3.72. The van der Waals surface area contributed by atoms with E-state index in [0.717, 1.165) is 6.20 Å². The Hall–Kier alpha value is -1.92. The molecule has 1 heterocycles. The van der Waals surface area contributed by atoms with Crippen molar-refractivity contribution in [1.82, 2.24) is 9.78 Å². The molecule has 0 saturated heterocycles. The van der Waals surface area contributed by atoms with Crippen molar-refractivity contribution in [2.75, 3.05) is 0 Å². The summed E-state index contributed by atoms with van der Waals surface area (Å²) < 4.78 is 1.38. The fraction of sp³-hybridized carbons (Fsp3) is 0.500. The van der Waals surface area contributed by atoms with Gasteiger partial charge in [0.25, 0.3) is 0 Å². The second kappa shape index (κ2) is 3.34. The second-order valence-electron chi connectivity index (χ2n) is 3.53. The molecule has 0 amide bonds. The van der Waals surface area contributed by atoms with Crippen LogP contribution in [-0.2, 0) is 4.79 Å². The SMILES string of the molecule is O=C(O)C1CCC1n1cc([N+](=O)[O-])cn1. The van der Waals surface area contributed by atoms with Crippen LogP contribution in [0.15, 0.2) is 12.4 Å². The molecule has 1 fully saturated rings. The number of carboxylic acid groups (broad SMARTS) is 1. The van der Waals surface area contributed by atoms with E-state index in [1.165, 1.54) is 10.9 Å². The van der Waals surface area contributed by atoms with Gasteiger partial charge >= 0.3 is 11.7 Å². The van der Waals surface area contributed by atoms with Crippen LogP contribution in [0.3, 0.4) is 0 Å². The second-order valence-corrected chi connectivity index (χ2v) is 3.53. The number of aliphatic carboxylic acids is 1. The normalized spacial score (nSPS) is 24.5. The molecule has 0 bridgehead atoms. The molecule has 0 aromatic carbocycles. The summed E-state index contributed by atoms with van der Waals surface area (Å²) >= 11 is 0. The van der Waals surface area contributed by atoms with Crippen molar-refractivity contribution < 1.29 is 14.8 Å². The molecule has 1 aliphatic carbocycles. The summed E-state index contributed by atoms with van der Waals surface area (Å²) in [5.41, 5.74) is -0.106. The predicted octanol–water partition coefficient (Wildman–Crippen LogP) is 0.827. The van der Waals surface area contributed by atoms with Crippen molar-refractivity contribution >= 4 is 11.7 Å². The smallest absolute Gasteiger partial charge is 0.308 e. The molecule has 1 saturated carbocycles. The molecule has 2 unspecified atom stereocenters. The average molecular weight is 211 g/mol. The molecular weight excluding hydrogens is 202 g/mol. The highest BCUT2D eigenvalue weighted by molar-refractivity contribution is 5.71. The molecule has 2 rings (SSSR count). The van der Waals surface area contributed by atoms with E-state index in [-0.39, 0.29) is 11.7 Å². The maximum absolute atomic E-state index is 10.7. The molecule has 1 aliphatic rings. The minimum atomic E-state index is -0.871. The Bertz CT molecular complexity index is 414. The third-order valence-electron chi connectivity index (χ3n) is 2.69. The number of carbonyl (C=O) groups is 1. The van der Waals surface area contributed by atoms with Gasteiger partial charge in [0.05, 0.1) is 16.9 Å². The zero-order valence-corrected chi connectivity index (χ0v) is 7.74. The van der Waals surface area contributed by atoms with E-state index in [0.29, 0.717) is 12.8 Å². The van der Waals surface area contributed by atoms with Gasteiger partial charge in [-0.25, -0.2) is 0 Å². The van der Waals surface area contributed by atoms with E-state index >= 15 is 0 Å². The third-order valence-corrected chi connectivity index (χ3v) is 2.69. The van der Waals surface area contributed by atoms with Crippen LogP contribution in [0, 0.1) is 16.0 Å². The average Bonchev–Trinajstić information content (AvgIpc) is 2.49. The molecule has 0 spiro atoms. The van der Waals surface area contributed by atoms with Crippen molar-refractivity contribution in [3.05, 3.63) is 22.5 Å². The lowest BCUT2D eigenvalue weighted by Gasteiger charge is -2.32. The molecule has 7 nitrogen and oxygen atoms in total. The highest BCUT2D eigenvalue weighted by Crippen LogP contribution is 2.38. The zero-order chi connectivity index (χ0) is 11.0. The Labute approximate surface area is 84.5 Å². The van der Waals surface area contributed by atoms with Crippen LogP contribution in [0.4, 0.5) is 5.69 Å². The summed E-state index contributed by atoms with van der Waals surface area (Å²) in [5.74, 6) is -1.34. The van der Waals surface area contributed by atoms with Gasteiger partial charge in [-0.05, 0) is 12.8 Å². The molecule has 7 heteroatoms. The maximum atomic E-state index is 10.7. The Morgan fingerprint density at radius 2 is 2.40 bits per heavy atom. The zero-order valence-electron chi connectivity index (χ0n) is 7.74. The number of carboxylic acids is 1. The van der Waals surface area contributed by atoms with E-state index in [1.54, 1.807) is 0 Å². The number of aromatic nitrogens is 2. The standard InChI is InChI=1S/C8H9N3O4/c12-8(13)6-1-2-7(6)10-4-5(3-9-10)11(14)15/h3-4,6-7H,1-2H2,(H,12,13).